The first-order valence-electron chi connectivity index (χ1n) is 9.68. The van der Waals surface area contributed by atoms with Crippen LogP contribution in [0.3, 0.4) is 0 Å². The summed E-state index contributed by atoms with van der Waals surface area (Å²) in [7, 11) is 0. The quantitative estimate of drug-likeness (QED) is 0.253. The predicted molar refractivity (Wildman–Crippen MR) is 124 cm³/mol. The Bertz CT molecular complexity index is 1300. The number of halogens is 1. The number of rotatable bonds is 7. The Morgan fingerprint density at radius 1 is 0.938 bits per heavy atom. The SMILES string of the molecule is OC(c1ccc(SNc2nccs2)cc1F)c1ccc(-c2ccoc2)cc1-c1ccoc1. The first kappa shape index (κ1) is 20.6. The van der Waals surface area contributed by atoms with Gasteiger partial charge in [0.15, 0.2) is 5.13 Å². The number of nitrogens with zero attached hydrogens (tertiary/aromatic N) is 1. The average Bonchev–Trinajstić information content (AvgIpc) is 3.60. The van der Waals surface area contributed by atoms with Crippen molar-refractivity contribution >= 4 is 28.4 Å². The summed E-state index contributed by atoms with van der Waals surface area (Å²) in [6.07, 6.45) is 6.98. The van der Waals surface area contributed by atoms with Gasteiger partial charge in [0.05, 0.1) is 25.1 Å². The number of hydrogen-bond donors (Lipinski definition) is 2. The van der Waals surface area contributed by atoms with E-state index in [1.54, 1.807) is 49.4 Å². The molecule has 1 unspecified atom stereocenters. The summed E-state index contributed by atoms with van der Waals surface area (Å²) in [5.74, 6) is -0.486. The summed E-state index contributed by atoms with van der Waals surface area (Å²) in [5.41, 5.74) is 4.17. The normalized spacial score (nSPS) is 12.1. The molecule has 2 N–H and O–H groups in total. The molecule has 0 aliphatic carbocycles. The van der Waals surface area contributed by atoms with Crippen LogP contribution in [-0.2, 0) is 0 Å². The number of thiazole rings is 1. The van der Waals surface area contributed by atoms with Crippen LogP contribution in [0, 0.1) is 5.82 Å². The Morgan fingerprint density at radius 2 is 1.72 bits per heavy atom. The maximum atomic E-state index is 15.0. The molecule has 0 spiro atoms. The predicted octanol–water partition coefficient (Wildman–Crippen LogP) is 7.00. The molecule has 8 heteroatoms. The van der Waals surface area contributed by atoms with E-state index >= 15 is 0 Å². The summed E-state index contributed by atoms with van der Waals surface area (Å²) in [4.78, 5) is 4.82. The molecule has 5 rings (SSSR count). The van der Waals surface area contributed by atoms with Gasteiger partial charge in [0.1, 0.15) is 11.9 Å². The van der Waals surface area contributed by atoms with E-state index in [-0.39, 0.29) is 5.56 Å². The number of aliphatic hydroxyl groups is 1. The van der Waals surface area contributed by atoms with Gasteiger partial charge in [0.2, 0.25) is 0 Å². The molecular weight excluding hydrogens is 447 g/mol. The first-order valence-corrected chi connectivity index (χ1v) is 11.4. The molecule has 3 aromatic heterocycles. The molecule has 5 nitrogen and oxygen atoms in total. The minimum atomic E-state index is -1.15. The van der Waals surface area contributed by atoms with E-state index in [4.69, 9.17) is 8.83 Å². The molecule has 32 heavy (non-hydrogen) atoms. The van der Waals surface area contributed by atoms with E-state index in [0.29, 0.717) is 10.5 Å². The fraction of sp³-hybridized carbons (Fsp3) is 0.0417. The van der Waals surface area contributed by atoms with E-state index < -0.39 is 11.9 Å². The molecular formula is C24H17FN2O3S2. The molecule has 3 heterocycles. The zero-order valence-corrected chi connectivity index (χ0v) is 18.2. The standard InChI is InChI=1S/C24H17FN2O3S2/c25-22-12-18(32-27-24-26-7-10-31-24)2-4-20(22)23(28)19-3-1-15(16-5-8-29-13-16)11-21(19)17-6-9-30-14-17/h1-14,23,28H,(H,26,27). The molecule has 2 aromatic carbocycles. The smallest absolute Gasteiger partial charge is 0.192 e. The van der Waals surface area contributed by atoms with Crippen molar-refractivity contribution in [2.75, 3.05) is 4.72 Å². The highest BCUT2D eigenvalue weighted by Gasteiger charge is 2.21. The van der Waals surface area contributed by atoms with Crippen molar-refractivity contribution in [2.45, 2.75) is 11.0 Å². The third kappa shape index (κ3) is 4.20. The molecule has 0 aliphatic heterocycles. The van der Waals surface area contributed by atoms with Crippen LogP contribution in [0.15, 0.2) is 98.9 Å². The van der Waals surface area contributed by atoms with Gasteiger partial charge in [-0.1, -0.05) is 18.2 Å². The first-order chi connectivity index (χ1) is 15.7. The number of hydrogen-bond acceptors (Lipinski definition) is 7. The Balaban J connectivity index is 1.46. The molecule has 1 atom stereocenters. The Morgan fingerprint density at radius 3 is 2.41 bits per heavy atom. The third-order valence-corrected chi connectivity index (χ3v) is 6.59. The molecule has 0 saturated heterocycles. The van der Waals surface area contributed by atoms with Crippen molar-refractivity contribution < 1.29 is 18.3 Å². The van der Waals surface area contributed by atoms with Crippen molar-refractivity contribution in [3.63, 3.8) is 0 Å². The zero-order chi connectivity index (χ0) is 21.9. The highest BCUT2D eigenvalue weighted by Crippen LogP contribution is 2.37. The van der Waals surface area contributed by atoms with Crippen LogP contribution >= 0.6 is 23.3 Å². The number of aliphatic hydroxyl groups excluding tert-OH is 1. The highest BCUT2D eigenvalue weighted by atomic mass is 32.2. The molecule has 0 aliphatic rings. The van der Waals surface area contributed by atoms with Crippen molar-refractivity contribution in [1.82, 2.24) is 4.98 Å². The van der Waals surface area contributed by atoms with Crippen LogP contribution in [0.2, 0.25) is 0 Å². The van der Waals surface area contributed by atoms with E-state index in [1.807, 2.05) is 29.6 Å². The number of furan rings is 2. The van der Waals surface area contributed by atoms with Crippen LogP contribution in [0.5, 0.6) is 0 Å². The second kappa shape index (κ2) is 9.04. The van der Waals surface area contributed by atoms with Crippen LogP contribution in [0.25, 0.3) is 22.3 Å². The lowest BCUT2D eigenvalue weighted by atomic mass is 9.91. The molecule has 160 valence electrons. The van der Waals surface area contributed by atoms with Crippen molar-refractivity contribution in [2.24, 2.45) is 0 Å². The van der Waals surface area contributed by atoms with Crippen molar-refractivity contribution in [3.05, 3.63) is 102 Å². The van der Waals surface area contributed by atoms with Gasteiger partial charge in [-0.05, 0) is 59.0 Å². The van der Waals surface area contributed by atoms with Gasteiger partial charge in [-0.25, -0.2) is 9.37 Å². The minimum absolute atomic E-state index is 0.199. The second-order valence-corrected chi connectivity index (χ2v) is 8.73. The number of benzene rings is 2. The summed E-state index contributed by atoms with van der Waals surface area (Å²) in [5, 5.41) is 13.7. The largest absolute Gasteiger partial charge is 0.472 e. The van der Waals surface area contributed by atoms with Gasteiger partial charge in [-0.2, -0.15) is 0 Å². The lowest BCUT2D eigenvalue weighted by Gasteiger charge is -2.18. The van der Waals surface area contributed by atoms with E-state index in [0.717, 1.165) is 27.4 Å². The monoisotopic (exact) mass is 464 g/mol. The highest BCUT2D eigenvalue weighted by molar-refractivity contribution is 8.00. The zero-order valence-electron chi connectivity index (χ0n) is 16.6. The van der Waals surface area contributed by atoms with Gasteiger partial charge < -0.3 is 18.7 Å². The van der Waals surface area contributed by atoms with Crippen LogP contribution in [0.4, 0.5) is 9.52 Å². The van der Waals surface area contributed by atoms with Gasteiger partial charge >= 0.3 is 0 Å². The van der Waals surface area contributed by atoms with Gasteiger partial charge in [0.25, 0.3) is 0 Å². The molecule has 5 aromatic rings. The maximum Gasteiger partial charge on any atom is 0.192 e. The summed E-state index contributed by atoms with van der Waals surface area (Å²) in [6.45, 7) is 0. The molecule has 0 radical (unpaired) electrons. The van der Waals surface area contributed by atoms with Crippen molar-refractivity contribution in [1.29, 1.82) is 0 Å². The van der Waals surface area contributed by atoms with E-state index in [1.165, 1.54) is 29.4 Å². The number of aromatic nitrogens is 1. The number of anilines is 1. The average molecular weight is 465 g/mol. The third-order valence-electron chi connectivity index (χ3n) is 4.99. The molecule has 0 amide bonds. The Labute approximate surface area is 191 Å². The van der Waals surface area contributed by atoms with Gasteiger partial charge in [0, 0.05) is 33.2 Å². The topological polar surface area (TPSA) is 71.4 Å². The van der Waals surface area contributed by atoms with E-state index in [2.05, 4.69) is 9.71 Å². The van der Waals surface area contributed by atoms with Crippen molar-refractivity contribution in [3.8, 4) is 22.3 Å². The lowest BCUT2D eigenvalue weighted by molar-refractivity contribution is 0.215. The molecule has 0 fully saturated rings. The van der Waals surface area contributed by atoms with Crippen LogP contribution in [-0.4, -0.2) is 10.1 Å². The lowest BCUT2D eigenvalue weighted by Crippen LogP contribution is -2.05. The minimum Gasteiger partial charge on any atom is -0.472 e. The van der Waals surface area contributed by atoms with E-state index in [9.17, 15) is 9.50 Å². The Kier molecular flexibility index (Phi) is 5.81. The van der Waals surface area contributed by atoms with Crippen LogP contribution in [0.1, 0.15) is 17.2 Å². The maximum absolute atomic E-state index is 15.0. The molecule has 0 saturated carbocycles. The Hall–Kier alpha value is -3.33. The van der Waals surface area contributed by atoms with Gasteiger partial charge in [-0.3, -0.25) is 0 Å². The fourth-order valence-electron chi connectivity index (χ4n) is 3.41. The summed E-state index contributed by atoms with van der Waals surface area (Å²) < 4.78 is 28.5. The fourth-order valence-corrected chi connectivity index (χ4v) is 4.65. The van der Waals surface area contributed by atoms with Gasteiger partial charge in [-0.15, -0.1) is 11.3 Å². The summed E-state index contributed by atoms with van der Waals surface area (Å²) in [6, 6.07) is 14.1. The number of nitrogens with one attached hydrogen (secondary N) is 1. The van der Waals surface area contributed by atoms with Crippen LogP contribution < -0.4 is 4.72 Å². The second-order valence-electron chi connectivity index (χ2n) is 6.95. The molecule has 0 bridgehead atoms. The summed E-state index contributed by atoms with van der Waals surface area (Å²) >= 11 is 2.73.